The SMILES string of the molecule is Cc1ccnc(C2CN(Cc3ccccc3OCC(=O)O)CCO2)n1. The van der Waals surface area contributed by atoms with E-state index >= 15 is 0 Å². The maximum absolute atomic E-state index is 10.7. The fourth-order valence-electron chi connectivity index (χ4n) is 2.78. The first-order valence-electron chi connectivity index (χ1n) is 8.18. The van der Waals surface area contributed by atoms with E-state index in [1.54, 1.807) is 12.3 Å². The molecule has 1 aliphatic heterocycles. The second-order valence-corrected chi connectivity index (χ2v) is 5.94. The Labute approximate surface area is 146 Å². The fourth-order valence-corrected chi connectivity index (χ4v) is 2.78. The quantitative estimate of drug-likeness (QED) is 0.856. The molecule has 0 radical (unpaired) electrons. The lowest BCUT2D eigenvalue weighted by atomic mass is 10.1. The summed E-state index contributed by atoms with van der Waals surface area (Å²) in [6, 6.07) is 9.36. The highest BCUT2D eigenvalue weighted by atomic mass is 16.5. The Morgan fingerprint density at radius 2 is 2.24 bits per heavy atom. The van der Waals surface area contributed by atoms with Gasteiger partial charge in [-0.05, 0) is 19.1 Å². The predicted molar refractivity (Wildman–Crippen MR) is 90.3 cm³/mol. The molecule has 1 aromatic carbocycles. The minimum atomic E-state index is -0.988. The Hall–Kier alpha value is -2.51. The van der Waals surface area contributed by atoms with E-state index in [1.807, 2.05) is 31.2 Å². The van der Waals surface area contributed by atoms with Crippen molar-refractivity contribution in [3.63, 3.8) is 0 Å². The Balaban J connectivity index is 1.68. The van der Waals surface area contributed by atoms with Crippen molar-refractivity contribution in [3.05, 3.63) is 53.6 Å². The molecule has 1 N–H and O–H groups in total. The van der Waals surface area contributed by atoms with E-state index in [2.05, 4.69) is 14.9 Å². The smallest absolute Gasteiger partial charge is 0.341 e. The molecule has 0 saturated carbocycles. The highest BCUT2D eigenvalue weighted by Gasteiger charge is 2.24. The second kappa shape index (κ2) is 8.04. The number of hydrogen-bond donors (Lipinski definition) is 1. The molecule has 0 amide bonds. The van der Waals surface area contributed by atoms with Gasteiger partial charge in [0.25, 0.3) is 0 Å². The summed E-state index contributed by atoms with van der Waals surface area (Å²) in [5.74, 6) is 0.303. The van der Waals surface area contributed by atoms with Gasteiger partial charge in [0, 0.05) is 37.1 Å². The molecule has 7 heteroatoms. The van der Waals surface area contributed by atoms with E-state index in [-0.39, 0.29) is 12.7 Å². The molecule has 1 atom stereocenters. The standard InChI is InChI=1S/C18H21N3O4/c1-13-6-7-19-18(20-13)16-11-21(8-9-24-16)10-14-4-2-3-5-15(14)25-12-17(22)23/h2-7,16H,8-12H2,1H3,(H,22,23). The normalized spacial score (nSPS) is 18.0. The predicted octanol–water partition coefficient (Wildman–Crippen LogP) is 1.82. The lowest BCUT2D eigenvalue weighted by molar-refractivity contribution is -0.139. The molecule has 25 heavy (non-hydrogen) atoms. The first kappa shape index (κ1) is 17.3. The zero-order chi connectivity index (χ0) is 17.6. The van der Waals surface area contributed by atoms with Gasteiger partial charge in [-0.25, -0.2) is 14.8 Å². The van der Waals surface area contributed by atoms with E-state index in [9.17, 15) is 4.79 Å². The van der Waals surface area contributed by atoms with E-state index in [0.717, 1.165) is 17.8 Å². The first-order chi connectivity index (χ1) is 12.1. The average Bonchev–Trinajstić information content (AvgIpc) is 2.61. The zero-order valence-electron chi connectivity index (χ0n) is 14.1. The summed E-state index contributed by atoms with van der Waals surface area (Å²) in [5, 5.41) is 8.80. The summed E-state index contributed by atoms with van der Waals surface area (Å²) in [4.78, 5) is 21.7. The van der Waals surface area contributed by atoms with Gasteiger partial charge in [0.15, 0.2) is 12.4 Å². The summed E-state index contributed by atoms with van der Waals surface area (Å²) in [6.07, 6.45) is 1.58. The van der Waals surface area contributed by atoms with Crippen LogP contribution in [0.15, 0.2) is 36.5 Å². The van der Waals surface area contributed by atoms with Gasteiger partial charge in [-0.15, -0.1) is 0 Å². The summed E-state index contributed by atoms with van der Waals surface area (Å²) in [6.45, 7) is 4.30. The molecular weight excluding hydrogens is 322 g/mol. The third-order valence-corrected chi connectivity index (χ3v) is 3.97. The van der Waals surface area contributed by atoms with E-state index in [4.69, 9.17) is 14.6 Å². The second-order valence-electron chi connectivity index (χ2n) is 5.94. The van der Waals surface area contributed by atoms with E-state index in [0.29, 0.717) is 31.3 Å². The number of ether oxygens (including phenoxy) is 2. The van der Waals surface area contributed by atoms with Crippen LogP contribution in [0.1, 0.15) is 23.2 Å². The number of nitrogens with zero attached hydrogens (tertiary/aromatic N) is 3. The maximum atomic E-state index is 10.7. The van der Waals surface area contributed by atoms with Crippen molar-refractivity contribution in [1.82, 2.24) is 14.9 Å². The number of hydrogen-bond acceptors (Lipinski definition) is 6. The summed E-state index contributed by atoms with van der Waals surface area (Å²) >= 11 is 0. The van der Waals surface area contributed by atoms with Gasteiger partial charge in [0.05, 0.1) is 6.61 Å². The number of carboxylic acids is 1. The summed E-state index contributed by atoms with van der Waals surface area (Å²) < 4.78 is 11.2. The van der Waals surface area contributed by atoms with Gasteiger partial charge in [0.1, 0.15) is 11.9 Å². The molecule has 0 aliphatic carbocycles. The number of para-hydroxylation sites is 1. The molecule has 0 spiro atoms. The van der Waals surface area contributed by atoms with Gasteiger partial charge >= 0.3 is 5.97 Å². The fraction of sp³-hybridized carbons (Fsp3) is 0.389. The molecule has 1 aliphatic rings. The molecule has 1 saturated heterocycles. The summed E-state index contributed by atoms with van der Waals surface area (Å²) in [7, 11) is 0. The Bertz CT molecular complexity index is 738. The van der Waals surface area contributed by atoms with Crippen LogP contribution in [-0.2, 0) is 16.1 Å². The van der Waals surface area contributed by atoms with Crippen molar-refractivity contribution in [2.45, 2.75) is 19.6 Å². The minimum absolute atomic E-state index is 0.166. The lowest BCUT2D eigenvalue weighted by Gasteiger charge is -2.32. The lowest BCUT2D eigenvalue weighted by Crippen LogP contribution is -2.38. The van der Waals surface area contributed by atoms with Gasteiger partial charge in [-0.3, -0.25) is 4.90 Å². The largest absolute Gasteiger partial charge is 0.482 e. The molecular formula is C18H21N3O4. The number of benzene rings is 1. The van der Waals surface area contributed by atoms with Crippen LogP contribution < -0.4 is 4.74 Å². The number of carboxylic acid groups (broad SMARTS) is 1. The third-order valence-electron chi connectivity index (χ3n) is 3.97. The third kappa shape index (κ3) is 4.74. The Morgan fingerprint density at radius 3 is 3.04 bits per heavy atom. The molecule has 1 unspecified atom stereocenters. The highest BCUT2D eigenvalue weighted by molar-refractivity contribution is 5.68. The van der Waals surface area contributed by atoms with E-state index in [1.165, 1.54) is 0 Å². The molecule has 2 aromatic rings. The monoisotopic (exact) mass is 343 g/mol. The topological polar surface area (TPSA) is 84.8 Å². The molecule has 1 aromatic heterocycles. The number of aryl methyl sites for hydroxylation is 1. The van der Waals surface area contributed by atoms with Crippen LogP contribution in [-0.4, -0.2) is 52.2 Å². The van der Waals surface area contributed by atoms with Crippen molar-refractivity contribution < 1.29 is 19.4 Å². The molecule has 7 nitrogen and oxygen atoms in total. The van der Waals surface area contributed by atoms with Crippen molar-refractivity contribution in [1.29, 1.82) is 0 Å². The van der Waals surface area contributed by atoms with Crippen molar-refractivity contribution in [2.24, 2.45) is 0 Å². The van der Waals surface area contributed by atoms with Gasteiger partial charge in [0.2, 0.25) is 0 Å². The summed E-state index contributed by atoms with van der Waals surface area (Å²) in [5.41, 5.74) is 1.87. The Kier molecular flexibility index (Phi) is 5.57. The van der Waals surface area contributed by atoms with Crippen molar-refractivity contribution in [3.8, 4) is 5.75 Å². The Morgan fingerprint density at radius 1 is 1.40 bits per heavy atom. The molecule has 132 valence electrons. The minimum Gasteiger partial charge on any atom is -0.482 e. The zero-order valence-corrected chi connectivity index (χ0v) is 14.1. The van der Waals surface area contributed by atoms with Crippen molar-refractivity contribution in [2.75, 3.05) is 26.3 Å². The first-order valence-corrected chi connectivity index (χ1v) is 8.18. The van der Waals surface area contributed by atoms with Gasteiger partial charge < -0.3 is 14.6 Å². The molecule has 2 heterocycles. The van der Waals surface area contributed by atoms with Crippen LogP contribution in [0.5, 0.6) is 5.75 Å². The van der Waals surface area contributed by atoms with Crippen LogP contribution in [0.4, 0.5) is 0 Å². The molecule has 0 bridgehead atoms. The van der Waals surface area contributed by atoms with Crippen LogP contribution in [0.2, 0.25) is 0 Å². The van der Waals surface area contributed by atoms with Gasteiger partial charge in [-0.2, -0.15) is 0 Å². The number of rotatable bonds is 6. The number of carbonyl (C=O) groups is 1. The highest BCUT2D eigenvalue weighted by Crippen LogP contribution is 2.24. The molecule has 3 rings (SSSR count). The average molecular weight is 343 g/mol. The maximum Gasteiger partial charge on any atom is 0.341 e. The van der Waals surface area contributed by atoms with Crippen molar-refractivity contribution >= 4 is 5.97 Å². The van der Waals surface area contributed by atoms with Crippen LogP contribution in [0.25, 0.3) is 0 Å². The van der Waals surface area contributed by atoms with Crippen LogP contribution in [0, 0.1) is 6.92 Å². The van der Waals surface area contributed by atoms with Gasteiger partial charge in [-0.1, -0.05) is 18.2 Å². The molecule has 1 fully saturated rings. The number of aromatic nitrogens is 2. The number of aliphatic carboxylic acids is 1. The van der Waals surface area contributed by atoms with E-state index < -0.39 is 5.97 Å². The van der Waals surface area contributed by atoms with Crippen LogP contribution in [0.3, 0.4) is 0 Å². The van der Waals surface area contributed by atoms with Crippen LogP contribution >= 0.6 is 0 Å². The number of morpholine rings is 1.